The van der Waals surface area contributed by atoms with Gasteiger partial charge in [-0.2, -0.15) is 4.68 Å². The van der Waals surface area contributed by atoms with E-state index in [1.165, 1.54) is 4.68 Å². The van der Waals surface area contributed by atoms with Crippen LogP contribution in [0.25, 0.3) is 11.8 Å². The topological polar surface area (TPSA) is 79.1 Å². The molecule has 0 spiro atoms. The highest BCUT2D eigenvalue weighted by Gasteiger charge is 2.17. The number of carbonyl (C=O) groups is 1. The molecule has 0 atom stereocenters. The molecule has 0 aliphatic heterocycles. The molecule has 1 heterocycles. The fraction of sp³-hybridized carbons (Fsp3) is 0.158. The van der Waals surface area contributed by atoms with E-state index in [0.717, 1.165) is 5.56 Å². The minimum atomic E-state index is -0.558. The van der Waals surface area contributed by atoms with Crippen LogP contribution in [0.4, 0.5) is 0 Å². The Morgan fingerprint density at radius 2 is 1.85 bits per heavy atom. The Kier molecular flexibility index (Phi) is 6.17. The molecular formula is C19H17ClN4O3. The van der Waals surface area contributed by atoms with E-state index in [4.69, 9.17) is 21.1 Å². The highest BCUT2D eigenvalue weighted by molar-refractivity contribution is 6.32. The molecule has 3 aromatic rings. The van der Waals surface area contributed by atoms with Crippen molar-refractivity contribution in [2.45, 2.75) is 6.92 Å². The quantitative estimate of drug-likeness (QED) is 0.353. The third-order valence-electron chi connectivity index (χ3n) is 3.58. The van der Waals surface area contributed by atoms with Gasteiger partial charge in [0.05, 0.1) is 5.02 Å². The molecule has 0 bridgehead atoms. The van der Waals surface area contributed by atoms with Gasteiger partial charge in [0.2, 0.25) is 0 Å². The van der Waals surface area contributed by atoms with Gasteiger partial charge in [0, 0.05) is 0 Å². The zero-order valence-corrected chi connectivity index (χ0v) is 15.3. The summed E-state index contributed by atoms with van der Waals surface area (Å²) in [6, 6.07) is 16.5. The van der Waals surface area contributed by atoms with Crippen molar-refractivity contribution in [3.05, 3.63) is 71.0 Å². The Bertz CT molecular complexity index is 941. The lowest BCUT2D eigenvalue weighted by Crippen LogP contribution is -2.18. The SMILES string of the molecule is Cc1nnnn1/C(=C/c1ccccc1)C(=O)OCCOc1ccccc1Cl. The first-order valence-corrected chi connectivity index (χ1v) is 8.59. The number of para-hydroxylation sites is 1. The lowest BCUT2D eigenvalue weighted by atomic mass is 10.2. The maximum Gasteiger partial charge on any atom is 0.357 e. The van der Waals surface area contributed by atoms with Crippen molar-refractivity contribution < 1.29 is 14.3 Å². The molecule has 0 saturated carbocycles. The van der Waals surface area contributed by atoms with Gasteiger partial charge in [0.1, 0.15) is 19.0 Å². The van der Waals surface area contributed by atoms with Gasteiger partial charge in [-0.15, -0.1) is 5.10 Å². The smallest absolute Gasteiger partial charge is 0.357 e. The Morgan fingerprint density at radius 1 is 1.11 bits per heavy atom. The third kappa shape index (κ3) is 4.92. The first-order chi connectivity index (χ1) is 13.1. The summed E-state index contributed by atoms with van der Waals surface area (Å²) in [5.74, 6) is 0.449. The maximum atomic E-state index is 12.6. The molecule has 0 aliphatic carbocycles. The number of aryl methyl sites for hydroxylation is 1. The van der Waals surface area contributed by atoms with E-state index < -0.39 is 5.97 Å². The standard InChI is InChI=1S/C19H17ClN4O3/c1-14-21-22-23-24(14)17(13-15-7-3-2-4-8-15)19(25)27-12-11-26-18-10-6-5-9-16(18)20/h2-10,13H,11-12H2,1H3/b17-13+. The summed E-state index contributed by atoms with van der Waals surface area (Å²) in [6.07, 6.45) is 1.67. The van der Waals surface area contributed by atoms with Crippen LogP contribution >= 0.6 is 11.6 Å². The summed E-state index contributed by atoms with van der Waals surface area (Å²) in [5.41, 5.74) is 1.04. The number of esters is 1. The van der Waals surface area contributed by atoms with Crippen LogP contribution in [0.1, 0.15) is 11.4 Å². The number of hydrogen-bond acceptors (Lipinski definition) is 6. The van der Waals surface area contributed by atoms with Gasteiger partial charge in [-0.25, -0.2) is 4.79 Å². The average molecular weight is 385 g/mol. The molecule has 1 aromatic heterocycles. The second-order valence-electron chi connectivity index (χ2n) is 5.49. The number of carbonyl (C=O) groups excluding carboxylic acids is 1. The van der Waals surface area contributed by atoms with Gasteiger partial charge >= 0.3 is 5.97 Å². The highest BCUT2D eigenvalue weighted by Crippen LogP contribution is 2.23. The molecule has 7 nitrogen and oxygen atoms in total. The Hall–Kier alpha value is -3.19. The van der Waals surface area contributed by atoms with Crippen LogP contribution in [0.3, 0.4) is 0 Å². The first-order valence-electron chi connectivity index (χ1n) is 8.21. The lowest BCUT2D eigenvalue weighted by Gasteiger charge is -2.10. The van der Waals surface area contributed by atoms with Gasteiger partial charge in [-0.1, -0.05) is 54.1 Å². The van der Waals surface area contributed by atoms with Crippen LogP contribution in [-0.4, -0.2) is 39.4 Å². The van der Waals surface area contributed by atoms with Crippen molar-refractivity contribution in [1.82, 2.24) is 20.2 Å². The minimum Gasteiger partial charge on any atom is -0.488 e. The van der Waals surface area contributed by atoms with Gasteiger partial charge in [0.15, 0.2) is 11.5 Å². The summed E-state index contributed by atoms with van der Waals surface area (Å²) in [5, 5.41) is 11.8. The number of tetrazole rings is 1. The molecule has 138 valence electrons. The van der Waals surface area contributed by atoms with Crippen molar-refractivity contribution in [3.63, 3.8) is 0 Å². The second kappa shape index (κ2) is 8.95. The van der Waals surface area contributed by atoms with Gasteiger partial charge in [-0.3, -0.25) is 0 Å². The summed E-state index contributed by atoms with van der Waals surface area (Å²) < 4.78 is 12.2. The molecule has 0 fully saturated rings. The van der Waals surface area contributed by atoms with E-state index in [1.807, 2.05) is 42.5 Å². The summed E-state index contributed by atoms with van der Waals surface area (Å²) in [6.45, 7) is 1.92. The normalized spacial score (nSPS) is 11.3. The molecule has 27 heavy (non-hydrogen) atoms. The molecule has 0 saturated heterocycles. The molecule has 0 N–H and O–H groups in total. The number of hydrogen-bond donors (Lipinski definition) is 0. The Morgan fingerprint density at radius 3 is 2.56 bits per heavy atom. The summed E-state index contributed by atoms with van der Waals surface area (Å²) in [4.78, 5) is 12.6. The zero-order chi connectivity index (χ0) is 19.1. The Labute approximate surface area is 161 Å². The molecule has 0 amide bonds. The van der Waals surface area contributed by atoms with Crippen molar-refractivity contribution in [3.8, 4) is 5.75 Å². The second-order valence-corrected chi connectivity index (χ2v) is 5.90. The van der Waals surface area contributed by atoms with Crippen molar-refractivity contribution in [2.75, 3.05) is 13.2 Å². The number of aromatic nitrogens is 4. The van der Waals surface area contributed by atoms with E-state index in [0.29, 0.717) is 16.6 Å². The Balaban J connectivity index is 1.68. The van der Waals surface area contributed by atoms with Crippen molar-refractivity contribution in [1.29, 1.82) is 0 Å². The lowest BCUT2D eigenvalue weighted by molar-refractivity contribution is -0.137. The number of rotatable bonds is 7. The van der Waals surface area contributed by atoms with E-state index in [-0.39, 0.29) is 18.9 Å². The van der Waals surface area contributed by atoms with Crippen molar-refractivity contribution >= 4 is 29.3 Å². The fourth-order valence-corrected chi connectivity index (χ4v) is 2.48. The van der Waals surface area contributed by atoms with Crippen LogP contribution in [0, 0.1) is 6.92 Å². The largest absolute Gasteiger partial charge is 0.488 e. The van der Waals surface area contributed by atoms with Crippen LogP contribution in [0.5, 0.6) is 5.75 Å². The van der Waals surface area contributed by atoms with E-state index in [9.17, 15) is 4.79 Å². The van der Waals surface area contributed by atoms with E-state index in [2.05, 4.69) is 15.5 Å². The number of nitrogens with zero attached hydrogens (tertiary/aromatic N) is 4. The van der Waals surface area contributed by atoms with Crippen molar-refractivity contribution in [2.24, 2.45) is 0 Å². The van der Waals surface area contributed by atoms with Crippen LogP contribution in [0.15, 0.2) is 54.6 Å². The summed E-state index contributed by atoms with van der Waals surface area (Å²) >= 11 is 6.02. The highest BCUT2D eigenvalue weighted by atomic mass is 35.5. The average Bonchev–Trinajstić information content (AvgIpc) is 3.11. The number of ether oxygens (including phenoxy) is 2. The van der Waals surface area contributed by atoms with E-state index in [1.54, 1.807) is 25.1 Å². The zero-order valence-electron chi connectivity index (χ0n) is 14.6. The molecule has 0 aliphatic rings. The fourth-order valence-electron chi connectivity index (χ4n) is 2.29. The maximum absolute atomic E-state index is 12.6. The van der Waals surface area contributed by atoms with Gasteiger partial charge in [-0.05, 0) is 41.1 Å². The molecule has 3 rings (SSSR count). The molecular weight excluding hydrogens is 368 g/mol. The van der Waals surface area contributed by atoms with Crippen LogP contribution < -0.4 is 4.74 Å². The molecule has 8 heteroatoms. The van der Waals surface area contributed by atoms with E-state index >= 15 is 0 Å². The molecule has 2 aromatic carbocycles. The van der Waals surface area contributed by atoms with Gasteiger partial charge < -0.3 is 9.47 Å². The summed E-state index contributed by atoms with van der Waals surface area (Å²) in [7, 11) is 0. The minimum absolute atomic E-state index is 0.0529. The molecule has 0 unspecified atom stereocenters. The number of halogens is 1. The third-order valence-corrected chi connectivity index (χ3v) is 3.89. The molecule has 0 radical (unpaired) electrons. The van der Waals surface area contributed by atoms with Crippen LogP contribution in [-0.2, 0) is 9.53 Å². The first kappa shape index (κ1) is 18.6. The van der Waals surface area contributed by atoms with Crippen LogP contribution in [0.2, 0.25) is 5.02 Å². The predicted octanol–water partition coefficient (Wildman–Crippen LogP) is 3.26. The monoisotopic (exact) mass is 384 g/mol. The number of benzene rings is 2. The van der Waals surface area contributed by atoms with Gasteiger partial charge in [0.25, 0.3) is 0 Å². The predicted molar refractivity (Wildman–Crippen MR) is 101 cm³/mol.